The van der Waals surface area contributed by atoms with Crippen molar-refractivity contribution in [2.24, 2.45) is 0 Å². The van der Waals surface area contributed by atoms with Gasteiger partial charge >= 0.3 is 0 Å². The SMILES string of the molecule is CC(C(=O)N1CCCc2c(N)cccc21)N1CCN(c2ccc(F)cc2)CC1.Cl.Cl. The van der Waals surface area contributed by atoms with Crippen molar-refractivity contribution in [1.82, 2.24) is 4.90 Å². The average Bonchev–Trinajstić information content (AvgIpc) is 2.73. The van der Waals surface area contributed by atoms with Crippen LogP contribution in [-0.2, 0) is 11.2 Å². The van der Waals surface area contributed by atoms with Crippen molar-refractivity contribution < 1.29 is 9.18 Å². The largest absolute Gasteiger partial charge is 0.398 e. The molecular weight excluding hydrogens is 426 g/mol. The Morgan fingerprint density at radius 1 is 1.00 bits per heavy atom. The molecule has 0 aliphatic carbocycles. The molecule has 0 radical (unpaired) electrons. The van der Waals surface area contributed by atoms with Crippen molar-refractivity contribution in [2.45, 2.75) is 25.8 Å². The molecule has 0 bridgehead atoms. The molecule has 2 aromatic rings. The quantitative estimate of drug-likeness (QED) is 0.717. The van der Waals surface area contributed by atoms with Gasteiger partial charge in [0.15, 0.2) is 0 Å². The number of halogens is 3. The van der Waals surface area contributed by atoms with E-state index in [1.54, 1.807) is 0 Å². The van der Waals surface area contributed by atoms with E-state index in [-0.39, 0.29) is 42.6 Å². The Labute approximate surface area is 189 Å². The Hall–Kier alpha value is -2.02. The summed E-state index contributed by atoms with van der Waals surface area (Å²) in [6.45, 7) is 6.01. The Bertz CT molecular complexity index is 857. The van der Waals surface area contributed by atoms with Crippen LogP contribution in [0, 0.1) is 5.82 Å². The van der Waals surface area contributed by atoms with Crippen molar-refractivity contribution in [2.75, 3.05) is 48.3 Å². The molecule has 164 valence electrons. The first-order chi connectivity index (χ1) is 13.5. The third kappa shape index (κ3) is 4.82. The van der Waals surface area contributed by atoms with E-state index in [1.165, 1.54) is 12.1 Å². The summed E-state index contributed by atoms with van der Waals surface area (Å²) in [5, 5.41) is 0. The lowest BCUT2D eigenvalue weighted by atomic mass is 9.99. The minimum atomic E-state index is -0.218. The molecule has 1 amide bonds. The number of rotatable bonds is 3. The van der Waals surface area contributed by atoms with Crippen molar-refractivity contribution in [1.29, 1.82) is 0 Å². The van der Waals surface area contributed by atoms with E-state index in [0.717, 1.165) is 68.2 Å². The lowest BCUT2D eigenvalue weighted by molar-refractivity contribution is -0.123. The van der Waals surface area contributed by atoms with Crippen LogP contribution >= 0.6 is 24.8 Å². The third-order valence-electron chi connectivity index (χ3n) is 5.96. The zero-order chi connectivity index (χ0) is 19.7. The van der Waals surface area contributed by atoms with Crippen molar-refractivity contribution in [3.63, 3.8) is 0 Å². The molecule has 2 aliphatic heterocycles. The number of piperazine rings is 1. The number of carbonyl (C=O) groups is 1. The van der Waals surface area contributed by atoms with E-state index in [1.807, 2.05) is 42.2 Å². The molecule has 1 atom stereocenters. The first kappa shape index (κ1) is 24.3. The van der Waals surface area contributed by atoms with E-state index < -0.39 is 0 Å². The first-order valence-corrected chi connectivity index (χ1v) is 9.98. The molecule has 8 heteroatoms. The van der Waals surface area contributed by atoms with Crippen LogP contribution in [0.1, 0.15) is 18.9 Å². The minimum Gasteiger partial charge on any atom is -0.398 e. The van der Waals surface area contributed by atoms with Crippen LogP contribution in [0.15, 0.2) is 42.5 Å². The van der Waals surface area contributed by atoms with Crippen LogP contribution in [0.25, 0.3) is 0 Å². The van der Waals surface area contributed by atoms with Gasteiger partial charge in [-0.2, -0.15) is 0 Å². The molecule has 1 fully saturated rings. The van der Waals surface area contributed by atoms with Crippen molar-refractivity contribution in [3.8, 4) is 0 Å². The van der Waals surface area contributed by atoms with E-state index in [0.29, 0.717) is 0 Å². The minimum absolute atomic E-state index is 0. The molecule has 30 heavy (non-hydrogen) atoms. The van der Waals surface area contributed by atoms with Gasteiger partial charge in [0, 0.05) is 49.8 Å². The van der Waals surface area contributed by atoms with Crippen LogP contribution in [0.5, 0.6) is 0 Å². The summed E-state index contributed by atoms with van der Waals surface area (Å²) in [5.74, 6) is -0.0779. The number of nitrogens with two attached hydrogens (primary N) is 1. The summed E-state index contributed by atoms with van der Waals surface area (Å²) < 4.78 is 13.1. The van der Waals surface area contributed by atoms with Crippen LogP contribution in [0.4, 0.5) is 21.5 Å². The zero-order valence-electron chi connectivity index (χ0n) is 17.1. The number of amides is 1. The number of nitrogen functional groups attached to an aromatic ring is 1. The Morgan fingerprint density at radius 2 is 1.67 bits per heavy atom. The summed E-state index contributed by atoms with van der Waals surface area (Å²) in [6.07, 6.45) is 1.87. The highest BCUT2D eigenvalue weighted by atomic mass is 35.5. The second-order valence-corrected chi connectivity index (χ2v) is 7.61. The topological polar surface area (TPSA) is 52.8 Å². The highest BCUT2D eigenvalue weighted by Crippen LogP contribution is 2.32. The van der Waals surface area contributed by atoms with Gasteiger partial charge in [-0.3, -0.25) is 9.69 Å². The summed E-state index contributed by atoms with van der Waals surface area (Å²) in [5.41, 5.74) is 9.99. The number of carbonyl (C=O) groups excluding carboxylic acids is 1. The summed E-state index contributed by atoms with van der Waals surface area (Å²) >= 11 is 0. The number of nitrogens with zero attached hydrogens (tertiary/aromatic N) is 3. The number of hydrogen-bond acceptors (Lipinski definition) is 4. The molecule has 2 aliphatic rings. The maximum absolute atomic E-state index is 13.2. The molecule has 1 saturated heterocycles. The number of fused-ring (bicyclic) bond motifs is 1. The van der Waals surface area contributed by atoms with Gasteiger partial charge in [0.1, 0.15) is 5.82 Å². The molecule has 1 unspecified atom stereocenters. The summed E-state index contributed by atoms with van der Waals surface area (Å²) in [4.78, 5) is 19.6. The lowest BCUT2D eigenvalue weighted by Crippen LogP contribution is -2.55. The molecular formula is C22H29Cl2FN4O. The third-order valence-corrected chi connectivity index (χ3v) is 5.96. The second-order valence-electron chi connectivity index (χ2n) is 7.61. The van der Waals surface area contributed by atoms with Gasteiger partial charge in [0.05, 0.1) is 6.04 Å². The fourth-order valence-electron chi connectivity index (χ4n) is 4.28. The Balaban J connectivity index is 0.00000160. The highest BCUT2D eigenvalue weighted by molar-refractivity contribution is 5.98. The molecule has 0 spiro atoms. The van der Waals surface area contributed by atoms with Crippen molar-refractivity contribution >= 4 is 47.8 Å². The smallest absolute Gasteiger partial charge is 0.244 e. The number of benzene rings is 2. The lowest BCUT2D eigenvalue weighted by Gasteiger charge is -2.40. The number of anilines is 3. The van der Waals surface area contributed by atoms with E-state index in [9.17, 15) is 9.18 Å². The predicted octanol–water partition coefficient (Wildman–Crippen LogP) is 3.74. The molecule has 0 saturated carbocycles. The van der Waals surface area contributed by atoms with E-state index in [4.69, 9.17) is 5.73 Å². The summed E-state index contributed by atoms with van der Waals surface area (Å²) in [6, 6.07) is 12.3. The summed E-state index contributed by atoms with van der Waals surface area (Å²) in [7, 11) is 0. The monoisotopic (exact) mass is 454 g/mol. The van der Waals surface area contributed by atoms with Gasteiger partial charge in [0.2, 0.25) is 5.91 Å². The average molecular weight is 455 g/mol. The maximum atomic E-state index is 13.2. The Kier molecular flexibility index (Phi) is 8.35. The van der Waals surface area contributed by atoms with Gasteiger partial charge < -0.3 is 15.5 Å². The highest BCUT2D eigenvalue weighted by Gasteiger charge is 2.31. The Morgan fingerprint density at radius 3 is 2.33 bits per heavy atom. The fourth-order valence-corrected chi connectivity index (χ4v) is 4.28. The fraction of sp³-hybridized carbons (Fsp3) is 0.409. The predicted molar refractivity (Wildman–Crippen MR) is 126 cm³/mol. The van der Waals surface area contributed by atoms with E-state index >= 15 is 0 Å². The zero-order valence-corrected chi connectivity index (χ0v) is 18.7. The number of hydrogen-bond donors (Lipinski definition) is 1. The van der Waals surface area contributed by atoms with Crippen LogP contribution < -0.4 is 15.5 Å². The van der Waals surface area contributed by atoms with Gasteiger partial charge in [-0.15, -0.1) is 24.8 Å². The van der Waals surface area contributed by atoms with Gasteiger partial charge in [-0.05, 0) is 61.7 Å². The maximum Gasteiger partial charge on any atom is 0.244 e. The molecule has 0 aromatic heterocycles. The standard InChI is InChI=1S/C22H27FN4O.2ClH/c1-16(22(28)27-11-3-4-19-20(24)5-2-6-21(19)27)25-12-14-26(15-13-25)18-9-7-17(23)8-10-18;;/h2,5-10,16H,3-4,11-15,24H2,1H3;2*1H. The van der Waals surface area contributed by atoms with Crippen LogP contribution in [0.2, 0.25) is 0 Å². The van der Waals surface area contributed by atoms with Gasteiger partial charge in [-0.25, -0.2) is 4.39 Å². The van der Waals surface area contributed by atoms with E-state index in [2.05, 4.69) is 9.80 Å². The van der Waals surface area contributed by atoms with Gasteiger partial charge in [-0.1, -0.05) is 6.07 Å². The van der Waals surface area contributed by atoms with Crippen molar-refractivity contribution in [3.05, 3.63) is 53.8 Å². The van der Waals surface area contributed by atoms with Crippen LogP contribution in [0.3, 0.4) is 0 Å². The molecule has 2 heterocycles. The molecule has 2 aromatic carbocycles. The molecule has 2 N–H and O–H groups in total. The molecule has 5 nitrogen and oxygen atoms in total. The van der Waals surface area contributed by atoms with Crippen LogP contribution in [-0.4, -0.2) is 49.6 Å². The van der Waals surface area contributed by atoms with Gasteiger partial charge in [0.25, 0.3) is 0 Å². The second kappa shape index (κ2) is 10.3. The molecule has 4 rings (SSSR count). The first-order valence-electron chi connectivity index (χ1n) is 9.98. The normalized spacial score (nSPS) is 17.4.